The molecule has 28 heavy (non-hydrogen) atoms. The molecule has 0 radical (unpaired) electrons. The molecule has 8 heteroatoms. The fourth-order valence-electron chi connectivity index (χ4n) is 3.86. The first-order valence-corrected chi connectivity index (χ1v) is 9.84. The zero-order chi connectivity index (χ0) is 19.3. The molecule has 2 saturated heterocycles. The van der Waals surface area contributed by atoms with Gasteiger partial charge in [0.15, 0.2) is 0 Å². The summed E-state index contributed by atoms with van der Waals surface area (Å²) in [6.07, 6.45) is 4.88. The van der Waals surface area contributed by atoms with Gasteiger partial charge in [-0.3, -0.25) is 19.7 Å². The van der Waals surface area contributed by atoms with Crippen LogP contribution in [0.2, 0.25) is 0 Å². The van der Waals surface area contributed by atoms with E-state index < -0.39 is 0 Å². The first-order valence-electron chi connectivity index (χ1n) is 9.84. The Hall–Kier alpha value is -2.74. The summed E-state index contributed by atoms with van der Waals surface area (Å²) in [6.45, 7) is 2.99. The fraction of sp³-hybridized carbons (Fsp3) is 0.500. The van der Waals surface area contributed by atoms with Crippen LogP contribution in [0.15, 0.2) is 30.5 Å². The molecule has 1 atom stereocenters. The Morgan fingerprint density at radius 1 is 1.18 bits per heavy atom. The maximum absolute atomic E-state index is 12.9. The van der Waals surface area contributed by atoms with Crippen molar-refractivity contribution in [3.05, 3.63) is 47.5 Å². The lowest BCUT2D eigenvalue weighted by molar-refractivity contribution is -0.134. The zero-order valence-corrected chi connectivity index (χ0v) is 15.8. The number of ether oxygens (including phenoxy) is 1. The van der Waals surface area contributed by atoms with Crippen molar-refractivity contribution < 1.29 is 14.3 Å². The average molecular weight is 383 g/mol. The summed E-state index contributed by atoms with van der Waals surface area (Å²) in [5.41, 5.74) is 2.00. The van der Waals surface area contributed by atoms with E-state index in [1.807, 2.05) is 23.1 Å². The molecule has 4 rings (SSSR count). The SMILES string of the molecule is O=C(c1cc(C2CCCCN2C(=O)Cc2ccccn2)[nH]n1)N1CCOCC1. The van der Waals surface area contributed by atoms with Gasteiger partial charge in [0.1, 0.15) is 5.69 Å². The molecular weight excluding hydrogens is 358 g/mol. The van der Waals surface area contributed by atoms with Gasteiger partial charge in [-0.05, 0) is 37.5 Å². The summed E-state index contributed by atoms with van der Waals surface area (Å²) in [6, 6.07) is 7.32. The molecule has 148 valence electrons. The number of hydrogen-bond donors (Lipinski definition) is 1. The average Bonchev–Trinajstić information content (AvgIpc) is 3.25. The zero-order valence-electron chi connectivity index (χ0n) is 15.8. The van der Waals surface area contributed by atoms with Crippen molar-refractivity contribution in [2.75, 3.05) is 32.8 Å². The Morgan fingerprint density at radius 2 is 2.04 bits per heavy atom. The van der Waals surface area contributed by atoms with E-state index in [1.54, 1.807) is 17.2 Å². The van der Waals surface area contributed by atoms with Crippen LogP contribution in [-0.2, 0) is 16.0 Å². The normalized spacial score (nSPS) is 20.2. The van der Waals surface area contributed by atoms with E-state index in [-0.39, 0.29) is 24.3 Å². The predicted molar refractivity (Wildman–Crippen MR) is 102 cm³/mol. The van der Waals surface area contributed by atoms with Crippen LogP contribution in [0, 0.1) is 0 Å². The van der Waals surface area contributed by atoms with Gasteiger partial charge in [-0.25, -0.2) is 0 Å². The quantitative estimate of drug-likeness (QED) is 0.865. The maximum atomic E-state index is 12.9. The largest absolute Gasteiger partial charge is 0.378 e. The molecule has 4 heterocycles. The smallest absolute Gasteiger partial charge is 0.274 e. The van der Waals surface area contributed by atoms with Crippen LogP contribution in [-0.4, -0.2) is 69.6 Å². The van der Waals surface area contributed by atoms with E-state index in [2.05, 4.69) is 15.2 Å². The number of carbonyl (C=O) groups excluding carboxylic acids is 2. The number of morpholine rings is 1. The van der Waals surface area contributed by atoms with Crippen LogP contribution < -0.4 is 0 Å². The van der Waals surface area contributed by atoms with E-state index >= 15 is 0 Å². The lowest BCUT2D eigenvalue weighted by Gasteiger charge is -2.35. The molecule has 0 bridgehead atoms. The summed E-state index contributed by atoms with van der Waals surface area (Å²) in [4.78, 5) is 33.5. The fourth-order valence-corrected chi connectivity index (χ4v) is 3.86. The highest BCUT2D eigenvalue weighted by molar-refractivity contribution is 5.92. The molecule has 2 aliphatic heterocycles. The van der Waals surface area contributed by atoms with E-state index in [4.69, 9.17) is 4.74 Å². The van der Waals surface area contributed by atoms with Crippen LogP contribution in [0.3, 0.4) is 0 Å². The van der Waals surface area contributed by atoms with Gasteiger partial charge in [-0.1, -0.05) is 6.07 Å². The third-order valence-corrected chi connectivity index (χ3v) is 5.36. The maximum Gasteiger partial charge on any atom is 0.274 e. The minimum atomic E-state index is -0.0898. The molecule has 0 aliphatic carbocycles. The van der Waals surface area contributed by atoms with Crippen LogP contribution >= 0.6 is 0 Å². The Balaban J connectivity index is 1.47. The highest BCUT2D eigenvalue weighted by atomic mass is 16.5. The molecule has 1 N–H and O–H groups in total. The second-order valence-electron chi connectivity index (χ2n) is 7.21. The molecule has 2 aromatic heterocycles. The first-order chi connectivity index (χ1) is 13.7. The number of nitrogens with zero attached hydrogens (tertiary/aromatic N) is 4. The van der Waals surface area contributed by atoms with Crippen LogP contribution in [0.5, 0.6) is 0 Å². The van der Waals surface area contributed by atoms with Gasteiger partial charge in [0.05, 0.1) is 31.4 Å². The summed E-state index contributed by atoms with van der Waals surface area (Å²) in [5, 5.41) is 7.24. The van der Waals surface area contributed by atoms with Crippen LogP contribution in [0.25, 0.3) is 0 Å². The first kappa shape index (κ1) is 18.6. The molecule has 8 nitrogen and oxygen atoms in total. The summed E-state index contributed by atoms with van der Waals surface area (Å²) < 4.78 is 5.30. The number of aromatic amines is 1. The number of pyridine rings is 1. The van der Waals surface area contributed by atoms with Gasteiger partial charge in [0, 0.05) is 31.5 Å². The van der Waals surface area contributed by atoms with Crippen molar-refractivity contribution in [3.8, 4) is 0 Å². The second kappa shape index (κ2) is 8.52. The highest BCUT2D eigenvalue weighted by Gasteiger charge is 2.30. The van der Waals surface area contributed by atoms with Crippen LogP contribution in [0.4, 0.5) is 0 Å². The third kappa shape index (κ3) is 4.06. The van der Waals surface area contributed by atoms with Gasteiger partial charge in [-0.15, -0.1) is 0 Å². The summed E-state index contributed by atoms with van der Waals surface area (Å²) in [5.74, 6) is -0.0352. The molecule has 1 unspecified atom stereocenters. The molecule has 2 fully saturated rings. The predicted octanol–water partition coefficient (Wildman–Crippen LogP) is 1.57. The lowest BCUT2D eigenvalue weighted by Crippen LogP contribution is -2.41. The Labute approximate surface area is 163 Å². The van der Waals surface area contributed by atoms with Gasteiger partial charge in [0.25, 0.3) is 5.91 Å². The standard InChI is InChI=1S/C20H25N5O3/c26-19(13-15-5-1-3-7-21-15)25-8-4-2-6-18(25)16-14-17(23-22-16)20(27)24-9-11-28-12-10-24/h1,3,5,7,14,18H,2,4,6,8-13H2,(H,22,23). The summed E-state index contributed by atoms with van der Waals surface area (Å²) in [7, 11) is 0. The number of rotatable bonds is 4. The second-order valence-corrected chi connectivity index (χ2v) is 7.21. The van der Waals surface area contributed by atoms with E-state index in [1.165, 1.54) is 0 Å². The lowest BCUT2D eigenvalue weighted by atomic mass is 9.98. The number of nitrogens with one attached hydrogen (secondary N) is 1. The molecule has 0 spiro atoms. The number of aromatic nitrogens is 3. The van der Waals surface area contributed by atoms with Gasteiger partial charge >= 0.3 is 0 Å². The number of likely N-dealkylation sites (tertiary alicyclic amines) is 1. The van der Waals surface area contributed by atoms with Crippen molar-refractivity contribution in [1.82, 2.24) is 25.0 Å². The van der Waals surface area contributed by atoms with Crippen molar-refractivity contribution in [3.63, 3.8) is 0 Å². The third-order valence-electron chi connectivity index (χ3n) is 5.36. The van der Waals surface area contributed by atoms with Crippen molar-refractivity contribution in [1.29, 1.82) is 0 Å². The van der Waals surface area contributed by atoms with Crippen molar-refractivity contribution in [2.45, 2.75) is 31.7 Å². The van der Waals surface area contributed by atoms with E-state index in [0.717, 1.165) is 30.7 Å². The number of hydrogen-bond acceptors (Lipinski definition) is 5. The van der Waals surface area contributed by atoms with Crippen molar-refractivity contribution >= 4 is 11.8 Å². The molecule has 0 aromatic carbocycles. The van der Waals surface area contributed by atoms with Gasteiger partial charge < -0.3 is 14.5 Å². The molecule has 2 aromatic rings. The summed E-state index contributed by atoms with van der Waals surface area (Å²) >= 11 is 0. The number of piperidine rings is 1. The number of amides is 2. The topological polar surface area (TPSA) is 91.4 Å². The van der Waals surface area contributed by atoms with Gasteiger partial charge in [-0.2, -0.15) is 5.10 Å². The highest BCUT2D eigenvalue weighted by Crippen LogP contribution is 2.30. The Morgan fingerprint density at radius 3 is 2.82 bits per heavy atom. The Kier molecular flexibility index (Phi) is 5.66. The molecule has 2 amide bonds. The van der Waals surface area contributed by atoms with E-state index in [0.29, 0.717) is 38.5 Å². The number of H-pyrrole nitrogens is 1. The molecule has 2 aliphatic rings. The monoisotopic (exact) mass is 383 g/mol. The number of carbonyl (C=O) groups is 2. The molecule has 0 saturated carbocycles. The van der Waals surface area contributed by atoms with Crippen molar-refractivity contribution in [2.24, 2.45) is 0 Å². The molecular formula is C20H25N5O3. The minimum Gasteiger partial charge on any atom is -0.378 e. The van der Waals surface area contributed by atoms with E-state index in [9.17, 15) is 9.59 Å². The minimum absolute atomic E-state index is 0.0547. The van der Waals surface area contributed by atoms with Crippen LogP contribution in [0.1, 0.15) is 47.2 Å². The van der Waals surface area contributed by atoms with Gasteiger partial charge in [0.2, 0.25) is 5.91 Å². The Bertz CT molecular complexity index is 816.